The number of hydrogen-bond donors (Lipinski definition) is 0. The van der Waals surface area contributed by atoms with Gasteiger partial charge in [-0.25, -0.2) is 4.98 Å². The van der Waals surface area contributed by atoms with Crippen LogP contribution >= 0.6 is 0 Å². The molecule has 21 heavy (non-hydrogen) atoms. The summed E-state index contributed by atoms with van der Waals surface area (Å²) >= 11 is 0. The van der Waals surface area contributed by atoms with Gasteiger partial charge in [0.2, 0.25) is 0 Å². The molecule has 0 saturated carbocycles. The van der Waals surface area contributed by atoms with Gasteiger partial charge in [-0.2, -0.15) is 0 Å². The molecule has 4 rings (SSSR count). The zero-order valence-corrected chi connectivity index (χ0v) is 11.3. The van der Waals surface area contributed by atoms with Crippen LogP contribution in [-0.2, 0) is 0 Å². The highest BCUT2D eigenvalue weighted by molar-refractivity contribution is 5.83. The highest BCUT2D eigenvalue weighted by atomic mass is 15.0. The molecule has 0 spiro atoms. The van der Waals surface area contributed by atoms with E-state index in [1.807, 2.05) is 41.0 Å². The van der Waals surface area contributed by atoms with Gasteiger partial charge >= 0.3 is 0 Å². The van der Waals surface area contributed by atoms with E-state index in [1.54, 1.807) is 6.33 Å². The first-order valence-corrected chi connectivity index (χ1v) is 6.83. The SMILES string of the molecule is C(#Cn1cnc2ccccc21)c1ccc2ccccc2c1. The molecule has 0 N–H and O–H groups in total. The lowest BCUT2D eigenvalue weighted by molar-refractivity contribution is 1.15. The van der Waals surface area contributed by atoms with Crippen molar-refractivity contribution in [2.24, 2.45) is 0 Å². The van der Waals surface area contributed by atoms with Gasteiger partial charge in [0.05, 0.1) is 11.0 Å². The van der Waals surface area contributed by atoms with E-state index in [2.05, 4.69) is 47.3 Å². The third-order valence-electron chi connectivity index (χ3n) is 3.52. The van der Waals surface area contributed by atoms with Crippen molar-refractivity contribution in [1.29, 1.82) is 0 Å². The number of para-hydroxylation sites is 2. The van der Waals surface area contributed by atoms with Crippen molar-refractivity contribution in [3.8, 4) is 12.0 Å². The maximum absolute atomic E-state index is 4.34. The fourth-order valence-electron chi connectivity index (χ4n) is 2.44. The molecular formula is C19H12N2. The summed E-state index contributed by atoms with van der Waals surface area (Å²) in [4.78, 5) is 4.34. The monoisotopic (exact) mass is 268 g/mol. The number of imidazole rings is 1. The summed E-state index contributed by atoms with van der Waals surface area (Å²) in [6, 6.07) is 25.7. The predicted octanol–water partition coefficient (Wildman–Crippen LogP) is 4.05. The molecule has 0 amide bonds. The lowest BCUT2D eigenvalue weighted by Crippen LogP contribution is -1.85. The molecule has 0 radical (unpaired) electrons. The van der Waals surface area contributed by atoms with Gasteiger partial charge in [0.25, 0.3) is 0 Å². The summed E-state index contributed by atoms with van der Waals surface area (Å²) in [5.74, 6) is 3.20. The molecule has 98 valence electrons. The Morgan fingerprint density at radius 1 is 0.810 bits per heavy atom. The molecular weight excluding hydrogens is 256 g/mol. The summed E-state index contributed by atoms with van der Waals surface area (Å²) < 4.78 is 1.87. The Morgan fingerprint density at radius 2 is 1.62 bits per heavy atom. The second kappa shape index (κ2) is 4.81. The molecule has 0 atom stereocenters. The molecule has 0 aliphatic heterocycles. The van der Waals surface area contributed by atoms with Gasteiger partial charge in [-0.3, -0.25) is 4.57 Å². The average molecular weight is 268 g/mol. The van der Waals surface area contributed by atoms with Gasteiger partial charge in [0.15, 0.2) is 0 Å². The summed E-state index contributed by atoms with van der Waals surface area (Å²) in [5, 5.41) is 2.44. The third-order valence-corrected chi connectivity index (χ3v) is 3.52. The van der Waals surface area contributed by atoms with Crippen LogP contribution < -0.4 is 0 Å². The molecule has 2 heteroatoms. The molecule has 1 aromatic heterocycles. The van der Waals surface area contributed by atoms with Crippen LogP contribution in [-0.4, -0.2) is 9.55 Å². The molecule has 3 aromatic carbocycles. The van der Waals surface area contributed by atoms with E-state index in [0.29, 0.717) is 0 Å². The van der Waals surface area contributed by atoms with Crippen LogP contribution in [0.1, 0.15) is 5.56 Å². The molecule has 0 aliphatic carbocycles. The van der Waals surface area contributed by atoms with Gasteiger partial charge in [-0.15, -0.1) is 0 Å². The first kappa shape index (κ1) is 11.7. The fourth-order valence-corrected chi connectivity index (χ4v) is 2.44. The number of aromatic nitrogens is 2. The summed E-state index contributed by atoms with van der Waals surface area (Å²) in [6.45, 7) is 0. The third kappa shape index (κ3) is 2.15. The zero-order valence-electron chi connectivity index (χ0n) is 11.3. The highest BCUT2D eigenvalue weighted by Gasteiger charge is 1.98. The molecule has 0 unspecified atom stereocenters. The Hall–Kier alpha value is -3.05. The van der Waals surface area contributed by atoms with Crippen LogP contribution in [0.3, 0.4) is 0 Å². The molecule has 0 bridgehead atoms. The molecule has 0 aliphatic rings. The van der Waals surface area contributed by atoms with Gasteiger partial charge in [0.1, 0.15) is 6.33 Å². The van der Waals surface area contributed by atoms with E-state index in [-0.39, 0.29) is 0 Å². The smallest absolute Gasteiger partial charge is 0.108 e. The molecule has 0 saturated heterocycles. The molecule has 0 fully saturated rings. The van der Waals surface area contributed by atoms with Crippen molar-refractivity contribution < 1.29 is 0 Å². The predicted molar refractivity (Wildman–Crippen MR) is 86.0 cm³/mol. The van der Waals surface area contributed by atoms with Crippen molar-refractivity contribution in [3.05, 3.63) is 78.6 Å². The standard InChI is InChI=1S/C19H12N2/c1-2-6-17-13-15(9-10-16(17)5-1)11-12-21-14-20-18-7-3-4-8-19(18)21/h1-10,13-14H. The number of rotatable bonds is 0. The number of benzene rings is 3. The maximum atomic E-state index is 4.34. The maximum Gasteiger partial charge on any atom is 0.108 e. The van der Waals surface area contributed by atoms with Crippen LogP contribution in [0.4, 0.5) is 0 Å². The van der Waals surface area contributed by atoms with E-state index < -0.39 is 0 Å². The molecule has 1 heterocycles. The summed E-state index contributed by atoms with van der Waals surface area (Å²) in [7, 11) is 0. The second-order valence-corrected chi connectivity index (χ2v) is 4.90. The Balaban J connectivity index is 1.78. The van der Waals surface area contributed by atoms with E-state index in [1.165, 1.54) is 10.8 Å². The first-order valence-electron chi connectivity index (χ1n) is 6.83. The number of fused-ring (bicyclic) bond motifs is 2. The van der Waals surface area contributed by atoms with Crippen LogP contribution in [0, 0.1) is 12.0 Å². The normalized spacial score (nSPS) is 10.5. The van der Waals surface area contributed by atoms with E-state index in [4.69, 9.17) is 0 Å². The van der Waals surface area contributed by atoms with Gasteiger partial charge in [-0.1, -0.05) is 42.5 Å². The van der Waals surface area contributed by atoms with E-state index >= 15 is 0 Å². The van der Waals surface area contributed by atoms with Crippen LogP contribution in [0.15, 0.2) is 73.1 Å². The van der Waals surface area contributed by atoms with Crippen molar-refractivity contribution in [2.45, 2.75) is 0 Å². The minimum Gasteiger partial charge on any atom is -0.257 e. The van der Waals surface area contributed by atoms with Crippen LogP contribution in [0.25, 0.3) is 21.8 Å². The van der Waals surface area contributed by atoms with Crippen LogP contribution in [0.5, 0.6) is 0 Å². The zero-order chi connectivity index (χ0) is 14.1. The van der Waals surface area contributed by atoms with Crippen molar-refractivity contribution in [3.63, 3.8) is 0 Å². The topological polar surface area (TPSA) is 17.8 Å². The average Bonchev–Trinajstić information content (AvgIpc) is 2.96. The van der Waals surface area contributed by atoms with Gasteiger partial charge in [0, 0.05) is 11.6 Å². The van der Waals surface area contributed by atoms with Crippen molar-refractivity contribution in [1.82, 2.24) is 9.55 Å². The Kier molecular flexibility index (Phi) is 2.69. The summed E-state index contributed by atoms with van der Waals surface area (Å²) in [6.07, 6.45) is 1.76. The quantitative estimate of drug-likeness (QED) is 0.440. The Bertz CT molecular complexity index is 1000. The van der Waals surface area contributed by atoms with E-state index in [9.17, 15) is 0 Å². The number of nitrogens with zero attached hydrogens (tertiary/aromatic N) is 2. The Labute approximate surface area is 122 Å². The van der Waals surface area contributed by atoms with Crippen molar-refractivity contribution in [2.75, 3.05) is 0 Å². The van der Waals surface area contributed by atoms with Crippen LogP contribution in [0.2, 0.25) is 0 Å². The van der Waals surface area contributed by atoms with Gasteiger partial charge < -0.3 is 0 Å². The lowest BCUT2D eigenvalue weighted by atomic mass is 10.1. The van der Waals surface area contributed by atoms with Gasteiger partial charge in [-0.05, 0) is 41.0 Å². The van der Waals surface area contributed by atoms with E-state index in [0.717, 1.165) is 16.6 Å². The minimum absolute atomic E-state index is 0.963. The second-order valence-electron chi connectivity index (χ2n) is 4.90. The largest absolute Gasteiger partial charge is 0.257 e. The fraction of sp³-hybridized carbons (Fsp3) is 0. The highest BCUT2D eigenvalue weighted by Crippen LogP contribution is 2.15. The summed E-state index contributed by atoms with van der Waals surface area (Å²) in [5.41, 5.74) is 3.00. The lowest BCUT2D eigenvalue weighted by Gasteiger charge is -1.97. The molecule has 4 aromatic rings. The Morgan fingerprint density at radius 3 is 2.57 bits per heavy atom. The minimum atomic E-state index is 0.963. The molecule has 2 nitrogen and oxygen atoms in total. The van der Waals surface area contributed by atoms with Crippen molar-refractivity contribution >= 4 is 21.8 Å². The first-order chi connectivity index (χ1) is 10.4. The number of hydrogen-bond acceptors (Lipinski definition) is 1.